The van der Waals surface area contributed by atoms with Gasteiger partial charge in [0.1, 0.15) is 0 Å². The van der Waals surface area contributed by atoms with Crippen molar-refractivity contribution >= 4 is 17.7 Å². The molecule has 1 aromatic carbocycles. The molecule has 7 heteroatoms. The molecule has 7 nitrogen and oxygen atoms in total. The van der Waals surface area contributed by atoms with Crippen molar-refractivity contribution in [3.05, 3.63) is 66.0 Å². The second-order valence-electron chi connectivity index (χ2n) is 10.5. The van der Waals surface area contributed by atoms with Crippen LogP contribution in [0.3, 0.4) is 0 Å². The molecule has 2 saturated heterocycles. The Morgan fingerprint density at radius 3 is 2.50 bits per heavy atom. The summed E-state index contributed by atoms with van der Waals surface area (Å²) in [5.74, 6) is -0.0475. The summed E-state index contributed by atoms with van der Waals surface area (Å²) in [6, 6.07) is 15.0. The lowest BCUT2D eigenvalue weighted by atomic mass is 9.75. The van der Waals surface area contributed by atoms with E-state index in [1.807, 2.05) is 53.4 Å². The van der Waals surface area contributed by atoms with E-state index in [1.54, 1.807) is 6.20 Å². The molecule has 5 rings (SSSR count). The Balaban J connectivity index is 1.38. The topological polar surface area (TPSA) is 79.8 Å². The molecular formula is C29H35N3O4. The molecule has 2 aromatic rings. The number of likely N-dealkylation sites (tertiary alicyclic amines) is 1. The highest BCUT2D eigenvalue weighted by molar-refractivity contribution is 6.10. The van der Waals surface area contributed by atoms with Gasteiger partial charge in [0, 0.05) is 57.4 Å². The molecule has 0 N–H and O–H groups in total. The molecule has 1 aromatic heterocycles. The van der Waals surface area contributed by atoms with Crippen LogP contribution in [0.4, 0.5) is 0 Å². The second kappa shape index (κ2) is 10.9. The molecule has 2 unspecified atom stereocenters. The first-order chi connectivity index (χ1) is 17.5. The first-order valence-electron chi connectivity index (χ1n) is 13.2. The predicted molar refractivity (Wildman–Crippen MR) is 135 cm³/mol. The number of ether oxygens (including phenoxy) is 1. The third-order valence-electron chi connectivity index (χ3n) is 8.01. The highest BCUT2D eigenvalue weighted by Gasteiger charge is 2.54. The van der Waals surface area contributed by atoms with Crippen molar-refractivity contribution in [3.63, 3.8) is 0 Å². The lowest BCUT2D eigenvalue weighted by Gasteiger charge is -2.36. The summed E-state index contributed by atoms with van der Waals surface area (Å²) in [5, 5.41) is 0. The molecule has 36 heavy (non-hydrogen) atoms. The van der Waals surface area contributed by atoms with E-state index in [9.17, 15) is 14.4 Å². The Bertz CT molecular complexity index is 1070. The number of carbonyl (C=O) groups is 3. The number of hydrogen-bond donors (Lipinski definition) is 0. The van der Waals surface area contributed by atoms with Gasteiger partial charge in [-0.3, -0.25) is 24.3 Å². The van der Waals surface area contributed by atoms with E-state index in [0.717, 1.165) is 43.5 Å². The predicted octanol–water partition coefficient (Wildman–Crippen LogP) is 3.52. The number of aromatic nitrogens is 1. The fourth-order valence-corrected chi connectivity index (χ4v) is 5.69. The SMILES string of the molecule is O=C(CC1(c2ccccc2)CC(=O)N(CCc2ccccn2)C1=O)N(CC1CCC1)CC1CCCO1. The summed E-state index contributed by atoms with van der Waals surface area (Å²) in [5.41, 5.74) is 0.390. The molecule has 3 amide bonds. The van der Waals surface area contributed by atoms with E-state index in [2.05, 4.69) is 4.98 Å². The van der Waals surface area contributed by atoms with Crippen molar-refractivity contribution in [3.8, 4) is 0 Å². The van der Waals surface area contributed by atoms with E-state index in [0.29, 0.717) is 25.4 Å². The van der Waals surface area contributed by atoms with Gasteiger partial charge in [0.25, 0.3) is 0 Å². The Hall–Kier alpha value is -3.06. The summed E-state index contributed by atoms with van der Waals surface area (Å²) < 4.78 is 5.85. The molecule has 2 aliphatic heterocycles. The molecule has 0 spiro atoms. The molecule has 3 aliphatic rings. The van der Waals surface area contributed by atoms with Crippen LogP contribution in [0.5, 0.6) is 0 Å². The summed E-state index contributed by atoms with van der Waals surface area (Å²) in [7, 11) is 0. The van der Waals surface area contributed by atoms with Gasteiger partial charge < -0.3 is 9.64 Å². The smallest absolute Gasteiger partial charge is 0.240 e. The van der Waals surface area contributed by atoms with Gasteiger partial charge in [-0.1, -0.05) is 42.8 Å². The second-order valence-corrected chi connectivity index (χ2v) is 10.5. The Labute approximate surface area is 212 Å². The third kappa shape index (κ3) is 5.21. The van der Waals surface area contributed by atoms with Crippen LogP contribution in [-0.2, 0) is 31.0 Å². The largest absolute Gasteiger partial charge is 0.376 e. The Morgan fingerprint density at radius 1 is 1.03 bits per heavy atom. The van der Waals surface area contributed by atoms with Crippen molar-refractivity contribution in [1.29, 1.82) is 0 Å². The highest BCUT2D eigenvalue weighted by atomic mass is 16.5. The van der Waals surface area contributed by atoms with Crippen LogP contribution in [0.15, 0.2) is 54.7 Å². The fraction of sp³-hybridized carbons (Fsp3) is 0.517. The van der Waals surface area contributed by atoms with Gasteiger partial charge >= 0.3 is 0 Å². The minimum atomic E-state index is -1.17. The van der Waals surface area contributed by atoms with Crippen LogP contribution in [0, 0.1) is 5.92 Å². The Kier molecular flexibility index (Phi) is 7.46. The van der Waals surface area contributed by atoms with Crippen molar-refractivity contribution < 1.29 is 19.1 Å². The molecule has 190 valence electrons. The molecule has 1 saturated carbocycles. The van der Waals surface area contributed by atoms with Gasteiger partial charge in [-0.2, -0.15) is 0 Å². The van der Waals surface area contributed by atoms with Crippen LogP contribution in [-0.4, -0.2) is 64.9 Å². The summed E-state index contributed by atoms with van der Waals surface area (Å²) in [4.78, 5) is 48.6. The number of carbonyl (C=O) groups excluding carboxylic acids is 3. The zero-order valence-corrected chi connectivity index (χ0v) is 20.8. The average molecular weight is 490 g/mol. The average Bonchev–Trinajstić information content (AvgIpc) is 3.47. The van der Waals surface area contributed by atoms with Crippen LogP contribution in [0.1, 0.15) is 56.2 Å². The van der Waals surface area contributed by atoms with Gasteiger partial charge in [0.2, 0.25) is 17.7 Å². The number of amides is 3. The maximum Gasteiger partial charge on any atom is 0.240 e. The minimum absolute atomic E-state index is 0.00110. The zero-order chi connectivity index (χ0) is 25.0. The number of hydrogen-bond acceptors (Lipinski definition) is 5. The van der Waals surface area contributed by atoms with Gasteiger partial charge in [-0.05, 0) is 49.3 Å². The maximum absolute atomic E-state index is 13.9. The van der Waals surface area contributed by atoms with Crippen molar-refractivity contribution in [2.75, 3.05) is 26.2 Å². The lowest BCUT2D eigenvalue weighted by Crippen LogP contribution is -2.47. The monoisotopic (exact) mass is 489 g/mol. The number of benzene rings is 1. The van der Waals surface area contributed by atoms with Crippen molar-refractivity contribution in [2.45, 2.75) is 62.9 Å². The summed E-state index contributed by atoms with van der Waals surface area (Å²) in [6.07, 6.45) is 7.72. The molecule has 0 radical (unpaired) electrons. The van der Waals surface area contributed by atoms with Crippen molar-refractivity contribution in [2.24, 2.45) is 5.92 Å². The molecule has 2 atom stereocenters. The fourth-order valence-electron chi connectivity index (χ4n) is 5.69. The van der Waals surface area contributed by atoms with Gasteiger partial charge in [-0.15, -0.1) is 0 Å². The summed E-state index contributed by atoms with van der Waals surface area (Å²) >= 11 is 0. The van der Waals surface area contributed by atoms with Gasteiger partial charge in [-0.25, -0.2) is 0 Å². The normalized spacial score (nSPS) is 24.2. The molecular weight excluding hydrogens is 454 g/mol. The van der Waals surface area contributed by atoms with Gasteiger partial charge in [0.05, 0.1) is 11.5 Å². The standard InChI is InChI=1S/C29H35N3O4/c33-26(31(20-22-8-6-9-22)21-25-13-7-17-36-25)18-29(23-10-2-1-3-11-23)19-27(34)32(28(29)35)16-14-24-12-4-5-15-30-24/h1-5,10-12,15,22,25H,6-9,13-14,16-21H2. The Morgan fingerprint density at radius 2 is 1.83 bits per heavy atom. The van der Waals surface area contributed by atoms with Crippen LogP contribution in [0.2, 0.25) is 0 Å². The number of rotatable bonds is 10. The molecule has 1 aliphatic carbocycles. The first-order valence-corrected chi connectivity index (χ1v) is 13.2. The van der Waals surface area contributed by atoms with E-state index >= 15 is 0 Å². The van der Waals surface area contributed by atoms with Gasteiger partial charge in [0.15, 0.2) is 0 Å². The van der Waals surface area contributed by atoms with Crippen LogP contribution < -0.4 is 0 Å². The molecule has 0 bridgehead atoms. The van der Waals surface area contributed by atoms with Crippen LogP contribution in [0.25, 0.3) is 0 Å². The zero-order valence-electron chi connectivity index (χ0n) is 20.8. The van der Waals surface area contributed by atoms with Crippen LogP contribution >= 0.6 is 0 Å². The quantitative estimate of drug-likeness (QED) is 0.477. The van der Waals surface area contributed by atoms with E-state index < -0.39 is 5.41 Å². The van der Waals surface area contributed by atoms with Crippen molar-refractivity contribution in [1.82, 2.24) is 14.8 Å². The first kappa shape index (κ1) is 24.6. The lowest BCUT2D eigenvalue weighted by molar-refractivity contribution is -0.143. The molecule has 3 fully saturated rings. The van der Waals surface area contributed by atoms with E-state index in [4.69, 9.17) is 4.74 Å². The minimum Gasteiger partial charge on any atom is -0.376 e. The third-order valence-corrected chi connectivity index (χ3v) is 8.01. The number of nitrogens with zero attached hydrogens (tertiary/aromatic N) is 3. The summed E-state index contributed by atoms with van der Waals surface area (Å²) in [6.45, 7) is 2.27. The van der Waals surface area contributed by atoms with E-state index in [1.165, 1.54) is 11.3 Å². The number of pyridine rings is 1. The maximum atomic E-state index is 13.9. The highest BCUT2D eigenvalue weighted by Crippen LogP contribution is 2.41. The van der Waals surface area contributed by atoms with E-state index in [-0.39, 0.29) is 43.2 Å². The number of imide groups is 1. The molecule has 3 heterocycles.